The molecule has 0 aliphatic carbocycles. The number of amides is 1. The Morgan fingerprint density at radius 2 is 1.81 bits per heavy atom. The quantitative estimate of drug-likeness (QED) is 0.303. The van der Waals surface area contributed by atoms with Gasteiger partial charge in [0.1, 0.15) is 17.2 Å². The van der Waals surface area contributed by atoms with Gasteiger partial charge in [-0.3, -0.25) is 9.59 Å². The van der Waals surface area contributed by atoms with E-state index in [1.807, 2.05) is 12.1 Å². The first-order valence-corrected chi connectivity index (χ1v) is 13.1. The summed E-state index contributed by atoms with van der Waals surface area (Å²) in [6.45, 7) is 5.05. The van der Waals surface area contributed by atoms with Crippen molar-refractivity contribution in [1.29, 1.82) is 0 Å². The molecule has 3 aromatic carbocycles. The lowest BCUT2D eigenvalue weighted by Crippen LogP contribution is -2.25. The van der Waals surface area contributed by atoms with E-state index in [1.165, 1.54) is 5.56 Å². The predicted octanol–water partition coefficient (Wildman–Crippen LogP) is 6.75. The van der Waals surface area contributed by atoms with E-state index in [1.54, 1.807) is 43.3 Å². The van der Waals surface area contributed by atoms with Gasteiger partial charge in [0, 0.05) is 28.8 Å². The number of hydrogen-bond acceptors (Lipinski definition) is 5. The second-order valence-corrected chi connectivity index (χ2v) is 9.49. The first-order chi connectivity index (χ1) is 17.9. The van der Waals surface area contributed by atoms with Gasteiger partial charge in [-0.15, -0.1) is 0 Å². The summed E-state index contributed by atoms with van der Waals surface area (Å²) in [6.07, 6.45) is 2.11. The largest absolute Gasteiger partial charge is 0.493 e. The minimum absolute atomic E-state index is 0.182. The first-order valence-electron chi connectivity index (χ1n) is 12.4. The Balaban J connectivity index is 1.37. The van der Waals surface area contributed by atoms with Gasteiger partial charge in [0.15, 0.2) is 0 Å². The Morgan fingerprint density at radius 3 is 2.51 bits per heavy atom. The number of benzene rings is 3. The fourth-order valence-corrected chi connectivity index (χ4v) is 4.69. The number of halogens is 2. The van der Waals surface area contributed by atoms with Crippen molar-refractivity contribution in [3.63, 3.8) is 0 Å². The molecule has 1 heterocycles. The first kappa shape index (κ1) is 26.8. The van der Waals surface area contributed by atoms with Crippen molar-refractivity contribution in [2.45, 2.75) is 39.0 Å². The number of aryl methyl sites for hydroxylation is 1. The van der Waals surface area contributed by atoms with Crippen LogP contribution in [0.4, 0.5) is 0 Å². The molecule has 3 aromatic rings. The molecule has 0 saturated carbocycles. The van der Waals surface area contributed by atoms with E-state index in [4.69, 9.17) is 37.4 Å². The molecule has 1 aliphatic heterocycles. The smallest absolute Gasteiger partial charge is 0.313 e. The summed E-state index contributed by atoms with van der Waals surface area (Å²) in [6, 6.07) is 16.2. The highest BCUT2D eigenvalue weighted by molar-refractivity contribution is 6.32. The van der Waals surface area contributed by atoms with Crippen molar-refractivity contribution in [2.24, 2.45) is 0 Å². The van der Waals surface area contributed by atoms with Gasteiger partial charge in [-0.05, 0) is 73.7 Å². The third kappa shape index (κ3) is 6.56. The molecule has 0 spiro atoms. The lowest BCUT2D eigenvalue weighted by Gasteiger charge is -2.25. The molecule has 6 nitrogen and oxygen atoms in total. The van der Waals surface area contributed by atoms with E-state index in [-0.39, 0.29) is 11.9 Å². The standard InChI is InChI=1S/C29H29Cl2NO5/c1-3-18-5-6-19(24(30)15-18)11-13-32-28(33)20-7-9-21(10-8-20)37-27-17-26-23(16-25(27)31)22(12-14-36-26)29(34)35-4-2/h5-10,15-17,22H,3-4,11-14H2,1-2H3,(H,32,33). The molecule has 0 radical (unpaired) electrons. The van der Waals surface area contributed by atoms with Crippen LogP contribution in [0, 0.1) is 0 Å². The number of ether oxygens (including phenoxy) is 3. The van der Waals surface area contributed by atoms with Gasteiger partial charge in [0.2, 0.25) is 0 Å². The van der Waals surface area contributed by atoms with Gasteiger partial charge in [-0.1, -0.05) is 42.3 Å². The lowest BCUT2D eigenvalue weighted by molar-refractivity contribution is -0.145. The Kier molecular flexibility index (Phi) is 8.95. The number of fused-ring (bicyclic) bond motifs is 1. The molecule has 8 heteroatoms. The number of hydrogen-bond donors (Lipinski definition) is 1. The SMILES string of the molecule is CCOC(=O)C1CCOc2cc(Oc3ccc(C(=O)NCCc4ccc(CC)cc4Cl)cc3)c(Cl)cc21. The molecule has 0 fully saturated rings. The van der Waals surface area contributed by atoms with E-state index in [0.29, 0.717) is 66.0 Å². The summed E-state index contributed by atoms with van der Waals surface area (Å²) in [5.74, 6) is 0.567. The molecular weight excluding hydrogens is 513 g/mol. The highest BCUT2D eigenvalue weighted by atomic mass is 35.5. The second-order valence-electron chi connectivity index (χ2n) is 8.67. The van der Waals surface area contributed by atoms with E-state index in [9.17, 15) is 9.59 Å². The zero-order valence-electron chi connectivity index (χ0n) is 20.8. The maximum Gasteiger partial charge on any atom is 0.313 e. The van der Waals surface area contributed by atoms with E-state index >= 15 is 0 Å². The van der Waals surface area contributed by atoms with Crippen LogP contribution >= 0.6 is 23.2 Å². The van der Waals surface area contributed by atoms with Crippen molar-refractivity contribution in [1.82, 2.24) is 5.32 Å². The fraction of sp³-hybridized carbons (Fsp3) is 0.310. The number of nitrogens with one attached hydrogen (secondary N) is 1. The number of carbonyl (C=O) groups excluding carboxylic acids is 2. The Morgan fingerprint density at radius 1 is 1.03 bits per heavy atom. The summed E-state index contributed by atoms with van der Waals surface area (Å²) in [5, 5.41) is 4.00. The molecule has 0 bridgehead atoms. The van der Waals surface area contributed by atoms with Crippen molar-refractivity contribution in [2.75, 3.05) is 19.8 Å². The minimum atomic E-state index is -0.417. The normalized spacial score (nSPS) is 14.3. The highest BCUT2D eigenvalue weighted by Crippen LogP contribution is 2.42. The predicted molar refractivity (Wildman–Crippen MR) is 144 cm³/mol. The number of esters is 1. The average Bonchev–Trinajstić information content (AvgIpc) is 2.90. The zero-order valence-corrected chi connectivity index (χ0v) is 22.3. The minimum Gasteiger partial charge on any atom is -0.493 e. The van der Waals surface area contributed by atoms with Gasteiger partial charge >= 0.3 is 5.97 Å². The van der Waals surface area contributed by atoms with Gasteiger partial charge in [0.05, 0.1) is 24.2 Å². The average molecular weight is 542 g/mol. The van der Waals surface area contributed by atoms with Crippen LogP contribution < -0.4 is 14.8 Å². The van der Waals surface area contributed by atoms with Crippen LogP contribution in [0.1, 0.15) is 53.2 Å². The number of carbonyl (C=O) groups is 2. The molecule has 1 N–H and O–H groups in total. The molecule has 37 heavy (non-hydrogen) atoms. The maximum absolute atomic E-state index is 12.6. The van der Waals surface area contributed by atoms with Crippen LogP contribution in [0.2, 0.25) is 10.0 Å². The van der Waals surface area contributed by atoms with Crippen LogP contribution in [-0.4, -0.2) is 31.6 Å². The Hall–Kier alpha value is -3.22. The van der Waals surface area contributed by atoms with Crippen molar-refractivity contribution < 1.29 is 23.8 Å². The van der Waals surface area contributed by atoms with Gasteiger partial charge in [0.25, 0.3) is 5.91 Å². The Bertz CT molecular complexity index is 1280. The van der Waals surface area contributed by atoms with E-state index < -0.39 is 5.92 Å². The summed E-state index contributed by atoms with van der Waals surface area (Å²) in [7, 11) is 0. The molecule has 1 amide bonds. The summed E-state index contributed by atoms with van der Waals surface area (Å²) >= 11 is 12.8. The molecule has 0 aromatic heterocycles. The summed E-state index contributed by atoms with van der Waals surface area (Å²) in [5.41, 5.74) is 3.39. The topological polar surface area (TPSA) is 73.9 Å². The van der Waals surface area contributed by atoms with E-state index in [2.05, 4.69) is 18.3 Å². The Labute approximate surface area is 226 Å². The van der Waals surface area contributed by atoms with Crippen LogP contribution in [0.3, 0.4) is 0 Å². The molecule has 0 saturated heterocycles. The molecule has 1 aliphatic rings. The number of rotatable bonds is 9. The molecule has 194 valence electrons. The third-order valence-electron chi connectivity index (χ3n) is 6.22. The highest BCUT2D eigenvalue weighted by Gasteiger charge is 2.30. The van der Waals surface area contributed by atoms with Crippen LogP contribution in [0.25, 0.3) is 0 Å². The lowest BCUT2D eigenvalue weighted by atomic mass is 9.93. The van der Waals surface area contributed by atoms with Crippen LogP contribution in [0.5, 0.6) is 17.2 Å². The fourth-order valence-electron chi connectivity index (χ4n) is 4.18. The molecule has 1 atom stereocenters. The van der Waals surface area contributed by atoms with Crippen molar-refractivity contribution in [3.05, 3.63) is 86.9 Å². The van der Waals surface area contributed by atoms with Crippen LogP contribution in [0.15, 0.2) is 54.6 Å². The van der Waals surface area contributed by atoms with Gasteiger partial charge < -0.3 is 19.5 Å². The van der Waals surface area contributed by atoms with Gasteiger partial charge in [-0.25, -0.2) is 0 Å². The molecular formula is C29H29Cl2NO5. The monoisotopic (exact) mass is 541 g/mol. The van der Waals surface area contributed by atoms with E-state index in [0.717, 1.165) is 17.0 Å². The second kappa shape index (κ2) is 12.3. The maximum atomic E-state index is 12.6. The van der Waals surface area contributed by atoms with Crippen molar-refractivity contribution >= 4 is 35.1 Å². The zero-order chi connectivity index (χ0) is 26.4. The molecule has 1 unspecified atom stereocenters. The van der Waals surface area contributed by atoms with Crippen LogP contribution in [-0.2, 0) is 22.4 Å². The summed E-state index contributed by atoms with van der Waals surface area (Å²) in [4.78, 5) is 24.9. The molecule has 4 rings (SSSR count). The summed E-state index contributed by atoms with van der Waals surface area (Å²) < 4.78 is 16.9. The van der Waals surface area contributed by atoms with Gasteiger partial charge in [-0.2, -0.15) is 0 Å². The van der Waals surface area contributed by atoms with Crippen molar-refractivity contribution in [3.8, 4) is 17.2 Å². The third-order valence-corrected chi connectivity index (χ3v) is 6.87.